The van der Waals surface area contributed by atoms with Gasteiger partial charge in [0, 0.05) is 12.8 Å². The highest BCUT2D eigenvalue weighted by Crippen LogP contribution is 1.94. The third-order valence-electron chi connectivity index (χ3n) is 2.12. The number of rotatable bonds is 10. The van der Waals surface area contributed by atoms with Crippen LogP contribution in [-0.4, -0.2) is 59.5 Å². The van der Waals surface area contributed by atoms with Gasteiger partial charge in [-0.15, -0.1) is 0 Å². The molecule has 10 heteroatoms. The van der Waals surface area contributed by atoms with Crippen LogP contribution in [0.15, 0.2) is 0 Å². The summed E-state index contributed by atoms with van der Waals surface area (Å²) < 4.78 is 0. The molecule has 21 heavy (non-hydrogen) atoms. The van der Waals surface area contributed by atoms with E-state index in [2.05, 4.69) is 10.6 Å². The zero-order chi connectivity index (χ0) is 16.3. The Morgan fingerprint density at radius 2 is 1.10 bits per heavy atom. The van der Waals surface area contributed by atoms with Crippen LogP contribution in [0.25, 0.3) is 0 Å². The summed E-state index contributed by atoms with van der Waals surface area (Å²) in [6.45, 7) is -1.30. The highest BCUT2D eigenvalue weighted by Gasteiger charge is 2.09. The first-order valence-corrected chi connectivity index (χ1v) is 6.05. The van der Waals surface area contributed by atoms with Gasteiger partial charge in [0.25, 0.3) is 0 Å². The second-order valence-corrected chi connectivity index (χ2v) is 3.97. The molecule has 0 saturated carbocycles. The summed E-state index contributed by atoms with van der Waals surface area (Å²) in [5, 5.41) is 23.2. The maximum atomic E-state index is 11.3. The highest BCUT2D eigenvalue weighted by atomic mass is 16.4. The fourth-order valence-corrected chi connectivity index (χ4v) is 1.15. The van der Waals surface area contributed by atoms with Crippen LogP contribution in [0.2, 0.25) is 0 Å². The first-order valence-electron chi connectivity index (χ1n) is 6.05. The Labute approximate surface area is 119 Å². The molecule has 118 valence electrons. The molecule has 0 unspecified atom stereocenters. The van der Waals surface area contributed by atoms with Crippen molar-refractivity contribution in [3.05, 3.63) is 0 Å². The quantitative estimate of drug-likeness (QED) is 0.302. The average Bonchev–Trinajstić information content (AvgIpc) is 2.40. The second-order valence-electron chi connectivity index (χ2n) is 3.97. The van der Waals surface area contributed by atoms with Gasteiger partial charge in [0.1, 0.15) is 6.54 Å². The van der Waals surface area contributed by atoms with Crippen LogP contribution in [0.3, 0.4) is 0 Å². The van der Waals surface area contributed by atoms with Crippen molar-refractivity contribution in [1.29, 1.82) is 0 Å². The molecule has 0 spiro atoms. The van der Waals surface area contributed by atoms with E-state index >= 15 is 0 Å². The minimum atomic E-state index is -1.21. The smallest absolute Gasteiger partial charge is 0.322 e. The van der Waals surface area contributed by atoms with Gasteiger partial charge in [-0.1, -0.05) is 0 Å². The van der Waals surface area contributed by atoms with E-state index in [1.165, 1.54) is 0 Å². The van der Waals surface area contributed by atoms with Gasteiger partial charge in [-0.05, 0) is 6.42 Å². The number of carboxylic acids is 2. The molecule has 3 amide bonds. The lowest BCUT2D eigenvalue weighted by Gasteiger charge is -2.06. The van der Waals surface area contributed by atoms with Crippen molar-refractivity contribution in [1.82, 2.24) is 16.0 Å². The van der Waals surface area contributed by atoms with Crippen molar-refractivity contribution in [2.75, 3.05) is 19.6 Å². The van der Waals surface area contributed by atoms with Gasteiger partial charge in [-0.25, -0.2) is 0 Å². The van der Waals surface area contributed by atoms with E-state index in [4.69, 9.17) is 10.2 Å². The summed E-state index contributed by atoms with van der Waals surface area (Å²) in [6.07, 6.45) is 0.0163. The molecule has 0 aromatic carbocycles. The number of carbonyl (C=O) groups is 5. The molecule has 0 fully saturated rings. The Kier molecular flexibility index (Phi) is 8.89. The van der Waals surface area contributed by atoms with Crippen LogP contribution in [-0.2, 0) is 24.0 Å². The molecule has 0 rings (SSSR count). The van der Waals surface area contributed by atoms with Gasteiger partial charge in [0.15, 0.2) is 0 Å². The number of nitrogens with one attached hydrogen (secondary N) is 3. The van der Waals surface area contributed by atoms with Gasteiger partial charge in [0.05, 0.1) is 13.1 Å². The molecular weight excluding hydrogens is 286 g/mol. The van der Waals surface area contributed by atoms with Crippen LogP contribution < -0.4 is 16.0 Å². The van der Waals surface area contributed by atoms with E-state index in [9.17, 15) is 24.0 Å². The summed E-state index contributed by atoms with van der Waals surface area (Å²) in [5.74, 6) is -3.97. The van der Waals surface area contributed by atoms with Crippen LogP contribution in [0.1, 0.15) is 19.3 Å². The summed E-state index contributed by atoms with van der Waals surface area (Å²) >= 11 is 0. The Morgan fingerprint density at radius 1 is 0.619 bits per heavy atom. The Bertz CT molecular complexity index is 422. The first kappa shape index (κ1) is 18.4. The third-order valence-corrected chi connectivity index (χ3v) is 2.12. The maximum Gasteiger partial charge on any atom is 0.322 e. The molecule has 0 aliphatic heterocycles. The molecule has 0 bridgehead atoms. The van der Waals surface area contributed by atoms with Crippen LogP contribution in [0, 0.1) is 0 Å². The Hall–Kier alpha value is -2.65. The van der Waals surface area contributed by atoms with E-state index in [0.717, 1.165) is 0 Å². The normalized spacial score (nSPS) is 9.52. The molecule has 0 radical (unpaired) electrons. The van der Waals surface area contributed by atoms with Crippen molar-refractivity contribution >= 4 is 29.7 Å². The molecule has 10 nitrogen and oxygen atoms in total. The molecule has 0 aromatic heterocycles. The first-order chi connectivity index (χ1) is 9.81. The summed E-state index contributed by atoms with van der Waals surface area (Å²) in [7, 11) is 0. The third kappa shape index (κ3) is 12.1. The van der Waals surface area contributed by atoms with E-state index in [-0.39, 0.29) is 25.8 Å². The standard InChI is InChI=1S/C11H17N3O7/c15-7(2-1-3-10(18)19)12-4-8(16)13-5-9(17)14-6-11(20)21/h1-6H2,(H,12,15)(H,13,16)(H,14,17)(H,18,19)(H,20,21). The van der Waals surface area contributed by atoms with Gasteiger partial charge in [-0.2, -0.15) is 0 Å². The number of hydrogen-bond donors (Lipinski definition) is 5. The van der Waals surface area contributed by atoms with Gasteiger partial charge < -0.3 is 26.2 Å². The minimum absolute atomic E-state index is 0.0152. The van der Waals surface area contributed by atoms with Crippen molar-refractivity contribution in [2.45, 2.75) is 19.3 Å². The lowest BCUT2D eigenvalue weighted by atomic mass is 10.2. The van der Waals surface area contributed by atoms with Gasteiger partial charge in [-0.3, -0.25) is 24.0 Å². The van der Waals surface area contributed by atoms with E-state index < -0.39 is 42.7 Å². The largest absolute Gasteiger partial charge is 0.481 e. The number of carbonyl (C=O) groups excluding carboxylic acids is 3. The van der Waals surface area contributed by atoms with Crippen molar-refractivity contribution in [2.24, 2.45) is 0 Å². The lowest BCUT2D eigenvalue weighted by molar-refractivity contribution is -0.138. The number of amides is 3. The predicted octanol–water partition coefficient (Wildman–Crippen LogP) is -2.33. The summed E-state index contributed by atoms with van der Waals surface area (Å²) in [4.78, 5) is 53.9. The van der Waals surface area contributed by atoms with Gasteiger partial charge in [0.2, 0.25) is 17.7 Å². The molecule has 0 heterocycles. The summed E-state index contributed by atoms with van der Waals surface area (Å²) in [6, 6.07) is 0. The minimum Gasteiger partial charge on any atom is -0.481 e. The zero-order valence-electron chi connectivity index (χ0n) is 11.2. The topological polar surface area (TPSA) is 162 Å². The van der Waals surface area contributed by atoms with E-state index in [1.807, 2.05) is 5.32 Å². The molecule has 0 atom stereocenters. The van der Waals surface area contributed by atoms with Crippen LogP contribution in [0.5, 0.6) is 0 Å². The monoisotopic (exact) mass is 303 g/mol. The fraction of sp³-hybridized carbons (Fsp3) is 0.545. The molecular formula is C11H17N3O7. The number of aliphatic carboxylic acids is 2. The fourth-order valence-electron chi connectivity index (χ4n) is 1.15. The van der Waals surface area contributed by atoms with Crippen LogP contribution >= 0.6 is 0 Å². The molecule has 5 N–H and O–H groups in total. The average molecular weight is 303 g/mol. The molecule has 0 aromatic rings. The van der Waals surface area contributed by atoms with E-state index in [1.54, 1.807) is 0 Å². The number of carboxylic acid groups (broad SMARTS) is 2. The molecule has 0 aliphatic rings. The summed E-state index contributed by atoms with van der Waals surface area (Å²) in [5.41, 5.74) is 0. The molecule has 0 aliphatic carbocycles. The highest BCUT2D eigenvalue weighted by molar-refractivity contribution is 5.89. The number of hydrogen-bond acceptors (Lipinski definition) is 5. The predicted molar refractivity (Wildman–Crippen MR) is 68.2 cm³/mol. The van der Waals surface area contributed by atoms with Crippen LogP contribution in [0.4, 0.5) is 0 Å². The SMILES string of the molecule is O=C(O)CCCC(=O)NCC(=O)NCC(=O)NCC(=O)O. The van der Waals surface area contributed by atoms with Crippen molar-refractivity contribution in [3.8, 4) is 0 Å². The van der Waals surface area contributed by atoms with E-state index in [0.29, 0.717) is 0 Å². The lowest BCUT2D eigenvalue weighted by Crippen LogP contribution is -2.42. The zero-order valence-corrected chi connectivity index (χ0v) is 11.2. The van der Waals surface area contributed by atoms with Gasteiger partial charge >= 0.3 is 11.9 Å². The molecule has 0 saturated heterocycles. The Morgan fingerprint density at radius 3 is 1.57 bits per heavy atom. The van der Waals surface area contributed by atoms with Crippen molar-refractivity contribution < 1.29 is 34.2 Å². The van der Waals surface area contributed by atoms with Crippen molar-refractivity contribution in [3.63, 3.8) is 0 Å². The second kappa shape index (κ2) is 10.2. The maximum absolute atomic E-state index is 11.3. The Balaban J connectivity index is 3.70.